The van der Waals surface area contributed by atoms with E-state index in [1.807, 2.05) is 6.07 Å². The minimum Gasteiger partial charge on any atom is -0.479 e. The fraction of sp³-hybridized carbons (Fsp3) is 0.133. The molecule has 0 saturated heterocycles. The van der Waals surface area contributed by atoms with Gasteiger partial charge in [0.15, 0.2) is 6.10 Å². The van der Waals surface area contributed by atoms with Crippen LogP contribution in [0.3, 0.4) is 0 Å². The summed E-state index contributed by atoms with van der Waals surface area (Å²) < 4.78 is 5.45. The predicted octanol–water partition coefficient (Wildman–Crippen LogP) is 3.65. The first-order valence-corrected chi connectivity index (χ1v) is 6.81. The summed E-state index contributed by atoms with van der Waals surface area (Å²) in [5, 5.41) is 13.4. The minimum atomic E-state index is -0.806. The molecule has 6 nitrogen and oxygen atoms in total. The lowest BCUT2D eigenvalue weighted by Gasteiger charge is -2.15. The Morgan fingerprint density at radius 2 is 1.95 bits per heavy atom. The van der Waals surface area contributed by atoms with Crippen molar-refractivity contribution in [1.29, 1.82) is 0 Å². The molecule has 0 spiro atoms. The van der Waals surface area contributed by atoms with Gasteiger partial charge in [0.2, 0.25) is 0 Å². The Hall–Kier alpha value is -2.60. The van der Waals surface area contributed by atoms with Crippen molar-refractivity contribution in [3.63, 3.8) is 0 Å². The summed E-state index contributed by atoms with van der Waals surface area (Å²) in [6.45, 7) is 1.57. The third kappa shape index (κ3) is 3.95. The third-order valence-corrected chi connectivity index (χ3v) is 3.14. The van der Waals surface area contributed by atoms with Crippen molar-refractivity contribution in [3.05, 3.63) is 63.7 Å². The number of nitro benzene ring substituents is 1. The van der Waals surface area contributed by atoms with E-state index in [1.165, 1.54) is 18.2 Å². The van der Waals surface area contributed by atoms with Gasteiger partial charge in [0.1, 0.15) is 5.75 Å². The van der Waals surface area contributed by atoms with Crippen molar-refractivity contribution in [2.45, 2.75) is 13.0 Å². The van der Waals surface area contributed by atoms with Gasteiger partial charge in [-0.2, -0.15) is 0 Å². The normalized spacial score (nSPS) is 11.5. The monoisotopic (exact) mass is 320 g/mol. The summed E-state index contributed by atoms with van der Waals surface area (Å²) >= 11 is 5.92. The van der Waals surface area contributed by atoms with Gasteiger partial charge in [0, 0.05) is 17.8 Å². The molecule has 0 aliphatic carbocycles. The van der Waals surface area contributed by atoms with Gasteiger partial charge in [-0.15, -0.1) is 0 Å². The SMILES string of the molecule is CC(Oc1ccc([N+](=O)[O-])cc1Cl)C(=O)Nc1ccccc1. The topological polar surface area (TPSA) is 81.5 Å². The van der Waals surface area contributed by atoms with E-state index in [4.69, 9.17) is 16.3 Å². The number of anilines is 1. The van der Waals surface area contributed by atoms with Crippen molar-refractivity contribution in [2.75, 3.05) is 5.32 Å². The van der Waals surface area contributed by atoms with E-state index in [9.17, 15) is 14.9 Å². The van der Waals surface area contributed by atoms with Gasteiger partial charge in [-0.1, -0.05) is 29.8 Å². The number of hydrogen-bond donors (Lipinski definition) is 1. The molecule has 7 heteroatoms. The maximum atomic E-state index is 12.0. The minimum absolute atomic E-state index is 0.0774. The number of rotatable bonds is 5. The molecule has 2 rings (SSSR count). The van der Waals surface area contributed by atoms with Crippen LogP contribution in [-0.4, -0.2) is 16.9 Å². The van der Waals surface area contributed by atoms with Gasteiger partial charge in [-0.3, -0.25) is 14.9 Å². The van der Waals surface area contributed by atoms with Crippen LogP contribution in [0.5, 0.6) is 5.75 Å². The number of non-ortho nitro benzene ring substituents is 1. The maximum absolute atomic E-state index is 12.0. The lowest BCUT2D eigenvalue weighted by molar-refractivity contribution is -0.384. The fourth-order valence-electron chi connectivity index (χ4n) is 1.71. The molecule has 1 amide bonds. The molecule has 1 atom stereocenters. The maximum Gasteiger partial charge on any atom is 0.271 e. The Morgan fingerprint density at radius 1 is 1.27 bits per heavy atom. The molecule has 0 fully saturated rings. The Morgan fingerprint density at radius 3 is 2.55 bits per heavy atom. The van der Waals surface area contributed by atoms with Gasteiger partial charge in [-0.05, 0) is 25.1 Å². The van der Waals surface area contributed by atoms with Gasteiger partial charge in [0.05, 0.1) is 9.95 Å². The molecular weight excluding hydrogens is 308 g/mol. The summed E-state index contributed by atoms with van der Waals surface area (Å²) in [7, 11) is 0. The first-order chi connectivity index (χ1) is 10.5. The average Bonchev–Trinajstić information content (AvgIpc) is 2.50. The zero-order valence-corrected chi connectivity index (χ0v) is 12.4. The van der Waals surface area contributed by atoms with Crippen LogP contribution in [0, 0.1) is 10.1 Å². The lowest BCUT2D eigenvalue weighted by Crippen LogP contribution is -2.30. The Kier molecular flexibility index (Phi) is 4.95. The average molecular weight is 321 g/mol. The summed E-state index contributed by atoms with van der Waals surface area (Å²) in [6.07, 6.45) is -0.806. The van der Waals surface area contributed by atoms with Gasteiger partial charge in [0.25, 0.3) is 11.6 Å². The van der Waals surface area contributed by atoms with E-state index in [1.54, 1.807) is 31.2 Å². The van der Waals surface area contributed by atoms with E-state index in [2.05, 4.69) is 5.32 Å². The highest BCUT2D eigenvalue weighted by Gasteiger charge is 2.18. The van der Waals surface area contributed by atoms with E-state index in [0.29, 0.717) is 5.69 Å². The lowest BCUT2D eigenvalue weighted by atomic mass is 10.3. The van der Waals surface area contributed by atoms with Crippen LogP contribution in [0.2, 0.25) is 5.02 Å². The van der Waals surface area contributed by atoms with Gasteiger partial charge < -0.3 is 10.1 Å². The zero-order valence-electron chi connectivity index (χ0n) is 11.7. The number of para-hydroxylation sites is 1. The van der Waals surface area contributed by atoms with Gasteiger partial charge in [-0.25, -0.2) is 0 Å². The summed E-state index contributed by atoms with van der Waals surface area (Å²) in [4.78, 5) is 22.1. The molecule has 2 aromatic rings. The molecule has 1 N–H and O–H groups in total. The number of carbonyl (C=O) groups excluding carboxylic acids is 1. The first-order valence-electron chi connectivity index (χ1n) is 6.44. The van der Waals surface area contributed by atoms with Crippen LogP contribution in [0.1, 0.15) is 6.92 Å². The predicted molar refractivity (Wildman–Crippen MR) is 83.3 cm³/mol. The fourth-order valence-corrected chi connectivity index (χ4v) is 1.93. The second-order valence-electron chi connectivity index (χ2n) is 4.49. The number of halogens is 1. The van der Waals surface area contributed by atoms with Crippen LogP contribution in [0.25, 0.3) is 0 Å². The van der Waals surface area contributed by atoms with Crippen molar-refractivity contribution >= 4 is 28.9 Å². The molecule has 0 heterocycles. The molecule has 1 unspecified atom stereocenters. The van der Waals surface area contributed by atoms with Crippen LogP contribution in [0.4, 0.5) is 11.4 Å². The number of nitrogens with one attached hydrogen (secondary N) is 1. The number of nitrogens with zero attached hydrogens (tertiary/aromatic N) is 1. The highest BCUT2D eigenvalue weighted by molar-refractivity contribution is 6.32. The molecule has 114 valence electrons. The molecule has 0 aliphatic rings. The van der Waals surface area contributed by atoms with Crippen LogP contribution >= 0.6 is 11.6 Å². The number of ether oxygens (including phenoxy) is 1. The highest BCUT2D eigenvalue weighted by atomic mass is 35.5. The largest absolute Gasteiger partial charge is 0.479 e. The molecule has 0 aromatic heterocycles. The van der Waals surface area contributed by atoms with Crippen LogP contribution in [-0.2, 0) is 4.79 Å². The Labute approximate surface area is 131 Å². The zero-order chi connectivity index (χ0) is 16.1. The summed E-state index contributed by atoms with van der Waals surface area (Å²) in [6, 6.07) is 12.8. The van der Waals surface area contributed by atoms with E-state index >= 15 is 0 Å². The third-order valence-electron chi connectivity index (χ3n) is 2.84. The standard InChI is InChI=1S/C15H13ClN2O4/c1-10(15(19)17-11-5-3-2-4-6-11)22-14-8-7-12(18(20)21)9-13(14)16/h2-10H,1H3,(H,17,19). The van der Waals surface area contributed by atoms with Crippen molar-refractivity contribution < 1.29 is 14.5 Å². The second kappa shape index (κ2) is 6.91. The molecule has 2 aromatic carbocycles. The number of hydrogen-bond acceptors (Lipinski definition) is 4. The molecular formula is C15H13ClN2O4. The van der Waals surface area contributed by atoms with Crippen LogP contribution < -0.4 is 10.1 Å². The molecule has 0 bridgehead atoms. The quantitative estimate of drug-likeness (QED) is 0.673. The van der Waals surface area contributed by atoms with Crippen molar-refractivity contribution in [1.82, 2.24) is 0 Å². The first kappa shape index (κ1) is 15.8. The second-order valence-corrected chi connectivity index (χ2v) is 4.89. The molecule has 0 saturated carbocycles. The van der Waals surface area contributed by atoms with Gasteiger partial charge >= 0.3 is 0 Å². The van der Waals surface area contributed by atoms with Crippen molar-refractivity contribution in [3.8, 4) is 5.75 Å². The molecule has 0 aliphatic heterocycles. The van der Waals surface area contributed by atoms with E-state index in [0.717, 1.165) is 0 Å². The molecule has 0 radical (unpaired) electrons. The number of nitro groups is 1. The van der Waals surface area contributed by atoms with Crippen molar-refractivity contribution in [2.24, 2.45) is 0 Å². The van der Waals surface area contributed by atoms with E-state index in [-0.39, 0.29) is 22.4 Å². The summed E-state index contributed by atoms with van der Waals surface area (Å²) in [5.74, 6) is -0.136. The number of amides is 1. The smallest absolute Gasteiger partial charge is 0.271 e. The Bertz CT molecular complexity index is 691. The number of benzene rings is 2. The Balaban J connectivity index is 2.03. The summed E-state index contributed by atoms with van der Waals surface area (Å²) in [5.41, 5.74) is 0.511. The van der Waals surface area contributed by atoms with Crippen LogP contribution in [0.15, 0.2) is 48.5 Å². The molecule has 22 heavy (non-hydrogen) atoms. The van der Waals surface area contributed by atoms with E-state index < -0.39 is 11.0 Å². The number of carbonyl (C=O) groups is 1. The highest BCUT2D eigenvalue weighted by Crippen LogP contribution is 2.29.